The van der Waals surface area contributed by atoms with Crippen LogP contribution in [0.5, 0.6) is 0 Å². The Morgan fingerprint density at radius 1 is 1.19 bits per heavy atom. The van der Waals surface area contributed by atoms with Gasteiger partial charge in [0.2, 0.25) is 0 Å². The van der Waals surface area contributed by atoms with Crippen LogP contribution in [0.25, 0.3) is 11.3 Å². The molecule has 1 saturated heterocycles. The average molecular weight is 280 g/mol. The number of pyridine rings is 1. The minimum absolute atomic E-state index is 0.105. The SMILES string of the molecule is CC1CCCN(C(=O)c2ccc(-c3ccccc3)nc2)C1. The zero-order chi connectivity index (χ0) is 14.7. The summed E-state index contributed by atoms with van der Waals surface area (Å²) in [7, 11) is 0. The Balaban J connectivity index is 1.76. The minimum atomic E-state index is 0.105. The number of rotatable bonds is 2. The molecule has 1 amide bonds. The Labute approximate surface area is 125 Å². The lowest BCUT2D eigenvalue weighted by Gasteiger charge is -2.30. The van der Waals surface area contributed by atoms with E-state index in [-0.39, 0.29) is 5.91 Å². The maximum atomic E-state index is 12.5. The number of carbonyl (C=O) groups excluding carboxylic acids is 1. The van der Waals surface area contributed by atoms with Crippen molar-refractivity contribution in [1.29, 1.82) is 0 Å². The summed E-state index contributed by atoms with van der Waals surface area (Å²) in [5.74, 6) is 0.702. The van der Waals surface area contributed by atoms with Crippen molar-refractivity contribution >= 4 is 5.91 Å². The summed E-state index contributed by atoms with van der Waals surface area (Å²) < 4.78 is 0. The molecule has 1 atom stereocenters. The van der Waals surface area contributed by atoms with E-state index in [1.165, 1.54) is 6.42 Å². The molecule has 0 N–H and O–H groups in total. The smallest absolute Gasteiger partial charge is 0.255 e. The first-order chi connectivity index (χ1) is 10.2. The van der Waals surface area contributed by atoms with Gasteiger partial charge in [-0.3, -0.25) is 9.78 Å². The lowest BCUT2D eigenvalue weighted by Crippen LogP contribution is -2.39. The third-order valence-electron chi connectivity index (χ3n) is 4.02. The monoisotopic (exact) mass is 280 g/mol. The summed E-state index contributed by atoms with van der Waals surface area (Å²) >= 11 is 0. The summed E-state index contributed by atoms with van der Waals surface area (Å²) in [6, 6.07) is 13.8. The second kappa shape index (κ2) is 6.08. The van der Waals surface area contributed by atoms with Gasteiger partial charge in [0.15, 0.2) is 0 Å². The second-order valence-electron chi connectivity index (χ2n) is 5.80. The summed E-state index contributed by atoms with van der Waals surface area (Å²) in [6.45, 7) is 3.93. The number of benzene rings is 1. The van der Waals surface area contributed by atoms with Crippen molar-refractivity contribution in [1.82, 2.24) is 9.88 Å². The Morgan fingerprint density at radius 3 is 2.67 bits per heavy atom. The number of nitrogens with zero attached hydrogens (tertiary/aromatic N) is 2. The third-order valence-corrected chi connectivity index (χ3v) is 4.02. The molecule has 0 radical (unpaired) electrons. The van der Waals surface area contributed by atoms with Crippen LogP contribution in [0.2, 0.25) is 0 Å². The van der Waals surface area contributed by atoms with E-state index in [9.17, 15) is 4.79 Å². The highest BCUT2D eigenvalue weighted by Gasteiger charge is 2.22. The molecule has 1 unspecified atom stereocenters. The van der Waals surface area contributed by atoms with Gasteiger partial charge in [0.25, 0.3) is 5.91 Å². The first-order valence-electron chi connectivity index (χ1n) is 7.55. The molecule has 2 heterocycles. The molecular formula is C18H20N2O. The molecule has 1 aromatic carbocycles. The molecule has 3 nitrogen and oxygen atoms in total. The molecule has 2 aromatic rings. The van der Waals surface area contributed by atoms with Crippen molar-refractivity contribution in [3.05, 3.63) is 54.2 Å². The number of hydrogen-bond acceptors (Lipinski definition) is 2. The first-order valence-corrected chi connectivity index (χ1v) is 7.55. The summed E-state index contributed by atoms with van der Waals surface area (Å²) in [4.78, 5) is 18.9. The van der Waals surface area contributed by atoms with Crippen LogP contribution in [0.15, 0.2) is 48.7 Å². The fourth-order valence-corrected chi connectivity index (χ4v) is 2.86. The van der Waals surface area contributed by atoms with Crippen LogP contribution >= 0.6 is 0 Å². The zero-order valence-electron chi connectivity index (χ0n) is 12.3. The van der Waals surface area contributed by atoms with Gasteiger partial charge in [0, 0.05) is 24.8 Å². The second-order valence-corrected chi connectivity index (χ2v) is 5.80. The van der Waals surface area contributed by atoms with E-state index < -0.39 is 0 Å². The zero-order valence-corrected chi connectivity index (χ0v) is 12.3. The fourth-order valence-electron chi connectivity index (χ4n) is 2.86. The Kier molecular flexibility index (Phi) is 4.00. The average Bonchev–Trinajstić information content (AvgIpc) is 2.55. The molecule has 1 fully saturated rings. The van der Waals surface area contributed by atoms with Gasteiger partial charge in [-0.25, -0.2) is 0 Å². The molecule has 1 aliphatic heterocycles. The molecule has 0 spiro atoms. The number of hydrogen-bond donors (Lipinski definition) is 0. The van der Waals surface area contributed by atoms with E-state index in [2.05, 4.69) is 11.9 Å². The van der Waals surface area contributed by atoms with Crippen molar-refractivity contribution in [2.45, 2.75) is 19.8 Å². The predicted molar refractivity (Wildman–Crippen MR) is 84.0 cm³/mol. The van der Waals surface area contributed by atoms with E-state index in [1.807, 2.05) is 47.4 Å². The van der Waals surface area contributed by atoms with Gasteiger partial charge in [0.1, 0.15) is 0 Å². The van der Waals surface area contributed by atoms with Crippen LogP contribution in [0.3, 0.4) is 0 Å². The van der Waals surface area contributed by atoms with Gasteiger partial charge in [-0.1, -0.05) is 37.3 Å². The standard InChI is InChI=1S/C18H20N2O/c1-14-6-5-11-20(13-14)18(21)16-9-10-17(19-12-16)15-7-3-2-4-8-15/h2-4,7-10,12,14H,5-6,11,13H2,1H3. The quantitative estimate of drug-likeness (QED) is 0.841. The van der Waals surface area contributed by atoms with Crippen molar-refractivity contribution in [3.63, 3.8) is 0 Å². The van der Waals surface area contributed by atoms with Crippen LogP contribution in [0.4, 0.5) is 0 Å². The maximum Gasteiger partial charge on any atom is 0.255 e. The number of piperidine rings is 1. The Morgan fingerprint density at radius 2 is 2.00 bits per heavy atom. The minimum Gasteiger partial charge on any atom is -0.338 e. The molecule has 1 aromatic heterocycles. The summed E-state index contributed by atoms with van der Waals surface area (Å²) in [6.07, 6.45) is 4.02. The topological polar surface area (TPSA) is 33.2 Å². The molecule has 108 valence electrons. The lowest BCUT2D eigenvalue weighted by atomic mass is 9.99. The van der Waals surface area contributed by atoms with Gasteiger partial charge in [-0.15, -0.1) is 0 Å². The lowest BCUT2D eigenvalue weighted by molar-refractivity contribution is 0.0682. The van der Waals surface area contributed by atoms with Crippen LogP contribution < -0.4 is 0 Å². The number of likely N-dealkylation sites (tertiary alicyclic amines) is 1. The molecular weight excluding hydrogens is 260 g/mol. The largest absolute Gasteiger partial charge is 0.338 e. The number of carbonyl (C=O) groups is 1. The highest BCUT2D eigenvalue weighted by molar-refractivity contribution is 5.94. The number of aromatic nitrogens is 1. The molecule has 21 heavy (non-hydrogen) atoms. The van der Waals surface area contributed by atoms with Crippen molar-refractivity contribution in [3.8, 4) is 11.3 Å². The van der Waals surface area contributed by atoms with E-state index >= 15 is 0 Å². The third kappa shape index (κ3) is 3.13. The van der Waals surface area contributed by atoms with Crippen LogP contribution in [0, 0.1) is 5.92 Å². The van der Waals surface area contributed by atoms with Crippen LogP contribution in [-0.4, -0.2) is 28.9 Å². The van der Waals surface area contributed by atoms with Gasteiger partial charge < -0.3 is 4.90 Å². The Bertz CT molecular complexity index is 607. The predicted octanol–water partition coefficient (Wildman–Crippen LogP) is 3.62. The molecule has 3 heteroatoms. The fraction of sp³-hybridized carbons (Fsp3) is 0.333. The first kappa shape index (κ1) is 13.8. The van der Waals surface area contributed by atoms with Gasteiger partial charge in [-0.05, 0) is 30.9 Å². The normalized spacial score (nSPS) is 18.5. The van der Waals surface area contributed by atoms with Gasteiger partial charge >= 0.3 is 0 Å². The van der Waals surface area contributed by atoms with E-state index in [0.29, 0.717) is 11.5 Å². The van der Waals surface area contributed by atoms with Gasteiger partial charge in [-0.2, -0.15) is 0 Å². The molecule has 3 rings (SSSR count). The van der Waals surface area contributed by atoms with E-state index in [0.717, 1.165) is 30.8 Å². The Hall–Kier alpha value is -2.16. The highest BCUT2D eigenvalue weighted by Crippen LogP contribution is 2.20. The van der Waals surface area contributed by atoms with Crippen LogP contribution in [-0.2, 0) is 0 Å². The molecule has 0 saturated carbocycles. The van der Waals surface area contributed by atoms with E-state index in [1.54, 1.807) is 6.20 Å². The van der Waals surface area contributed by atoms with Crippen molar-refractivity contribution in [2.24, 2.45) is 5.92 Å². The molecule has 0 bridgehead atoms. The molecule has 1 aliphatic rings. The van der Waals surface area contributed by atoms with Crippen molar-refractivity contribution < 1.29 is 4.79 Å². The van der Waals surface area contributed by atoms with Crippen molar-refractivity contribution in [2.75, 3.05) is 13.1 Å². The summed E-state index contributed by atoms with van der Waals surface area (Å²) in [5, 5.41) is 0. The van der Waals surface area contributed by atoms with Crippen LogP contribution in [0.1, 0.15) is 30.1 Å². The van der Waals surface area contributed by atoms with Gasteiger partial charge in [0.05, 0.1) is 11.3 Å². The highest BCUT2D eigenvalue weighted by atomic mass is 16.2. The maximum absolute atomic E-state index is 12.5. The van der Waals surface area contributed by atoms with E-state index in [4.69, 9.17) is 0 Å². The molecule has 0 aliphatic carbocycles. The summed E-state index contributed by atoms with van der Waals surface area (Å²) in [5.41, 5.74) is 2.66. The number of amides is 1.